The molecule has 2 rings (SSSR count). The lowest BCUT2D eigenvalue weighted by atomic mass is 9.96. The topological polar surface area (TPSA) is 59.6 Å². The van der Waals surface area contributed by atoms with E-state index >= 15 is 0 Å². The Labute approximate surface area is 115 Å². The van der Waals surface area contributed by atoms with Gasteiger partial charge in [-0.1, -0.05) is 18.2 Å². The molecule has 1 aromatic rings. The second-order valence-corrected chi connectivity index (χ2v) is 5.28. The van der Waals surface area contributed by atoms with E-state index in [2.05, 4.69) is 10.3 Å². The smallest absolute Gasteiger partial charge is 0.189 e. The summed E-state index contributed by atoms with van der Waals surface area (Å²) in [4.78, 5) is 4.35. The Morgan fingerprint density at radius 3 is 2.79 bits per heavy atom. The van der Waals surface area contributed by atoms with Crippen LogP contribution in [0.4, 0.5) is 0 Å². The minimum absolute atomic E-state index is 0.297. The number of nitrogens with one attached hydrogen (secondary N) is 1. The van der Waals surface area contributed by atoms with Gasteiger partial charge in [-0.3, -0.25) is 0 Å². The maximum absolute atomic E-state index is 5.96. The SMILES string of the molecule is CC(C)NC(N)=NCc1ccccc1OC1CCC1. The van der Waals surface area contributed by atoms with Crippen LogP contribution in [0.5, 0.6) is 5.75 Å². The van der Waals surface area contributed by atoms with Gasteiger partial charge >= 0.3 is 0 Å². The van der Waals surface area contributed by atoms with Crippen LogP contribution < -0.4 is 15.8 Å². The summed E-state index contributed by atoms with van der Waals surface area (Å²) in [5.74, 6) is 1.42. The highest BCUT2D eigenvalue weighted by molar-refractivity contribution is 5.78. The van der Waals surface area contributed by atoms with Gasteiger partial charge in [0.1, 0.15) is 5.75 Å². The van der Waals surface area contributed by atoms with E-state index < -0.39 is 0 Å². The van der Waals surface area contributed by atoms with Crippen molar-refractivity contribution in [3.63, 3.8) is 0 Å². The van der Waals surface area contributed by atoms with Crippen LogP contribution >= 0.6 is 0 Å². The number of benzene rings is 1. The van der Waals surface area contributed by atoms with E-state index in [4.69, 9.17) is 10.5 Å². The summed E-state index contributed by atoms with van der Waals surface area (Å²) in [6, 6.07) is 8.35. The standard InChI is InChI=1S/C15H23N3O/c1-11(2)18-15(16)17-10-12-6-3-4-9-14(12)19-13-7-5-8-13/h3-4,6,9,11,13H,5,7-8,10H2,1-2H3,(H3,16,17,18). The number of nitrogens with two attached hydrogens (primary N) is 1. The fourth-order valence-corrected chi connectivity index (χ4v) is 1.93. The highest BCUT2D eigenvalue weighted by atomic mass is 16.5. The Morgan fingerprint density at radius 2 is 2.16 bits per heavy atom. The van der Waals surface area contributed by atoms with Crippen LogP contribution in [-0.4, -0.2) is 18.1 Å². The molecule has 0 aliphatic heterocycles. The zero-order chi connectivity index (χ0) is 13.7. The molecular formula is C15H23N3O. The summed E-state index contributed by atoms with van der Waals surface area (Å²) in [7, 11) is 0. The fraction of sp³-hybridized carbons (Fsp3) is 0.533. The molecule has 1 aliphatic rings. The lowest BCUT2D eigenvalue weighted by Gasteiger charge is -2.27. The zero-order valence-electron chi connectivity index (χ0n) is 11.7. The minimum atomic E-state index is 0.297. The number of hydrogen-bond acceptors (Lipinski definition) is 2. The van der Waals surface area contributed by atoms with Crippen LogP contribution in [0.1, 0.15) is 38.7 Å². The summed E-state index contributed by atoms with van der Waals surface area (Å²) in [6.07, 6.45) is 3.98. The van der Waals surface area contributed by atoms with Crippen LogP contribution in [0.25, 0.3) is 0 Å². The predicted octanol–water partition coefficient (Wildman–Crippen LogP) is 2.43. The summed E-state index contributed by atoms with van der Waals surface area (Å²) in [5, 5.41) is 3.08. The van der Waals surface area contributed by atoms with E-state index in [1.165, 1.54) is 6.42 Å². The van der Waals surface area contributed by atoms with Crippen molar-refractivity contribution < 1.29 is 4.74 Å². The third-order valence-electron chi connectivity index (χ3n) is 3.17. The Balaban J connectivity index is 1.98. The van der Waals surface area contributed by atoms with E-state index in [1.54, 1.807) is 0 Å². The average Bonchev–Trinajstić information content (AvgIpc) is 2.31. The monoisotopic (exact) mass is 261 g/mol. The molecule has 0 saturated heterocycles. The van der Waals surface area contributed by atoms with Gasteiger partial charge in [-0.2, -0.15) is 0 Å². The molecule has 1 aromatic carbocycles. The van der Waals surface area contributed by atoms with Crippen molar-refractivity contribution in [3.05, 3.63) is 29.8 Å². The molecule has 0 atom stereocenters. The van der Waals surface area contributed by atoms with Gasteiger partial charge in [-0.15, -0.1) is 0 Å². The van der Waals surface area contributed by atoms with Gasteiger partial charge in [-0.25, -0.2) is 4.99 Å². The van der Waals surface area contributed by atoms with Crippen molar-refractivity contribution in [1.82, 2.24) is 5.32 Å². The molecule has 1 saturated carbocycles. The molecule has 0 spiro atoms. The largest absolute Gasteiger partial charge is 0.490 e. The maximum atomic E-state index is 5.96. The third kappa shape index (κ3) is 4.16. The van der Waals surface area contributed by atoms with Crippen molar-refractivity contribution in [3.8, 4) is 5.75 Å². The lowest BCUT2D eigenvalue weighted by Crippen LogP contribution is -2.36. The molecule has 3 N–H and O–H groups in total. The normalized spacial score (nSPS) is 16.3. The second kappa shape index (κ2) is 6.45. The zero-order valence-corrected chi connectivity index (χ0v) is 11.7. The maximum Gasteiger partial charge on any atom is 0.189 e. The first kappa shape index (κ1) is 13.7. The highest BCUT2D eigenvalue weighted by Crippen LogP contribution is 2.27. The Kier molecular flexibility index (Phi) is 4.66. The summed E-state index contributed by atoms with van der Waals surface area (Å²) >= 11 is 0. The molecule has 1 aliphatic carbocycles. The number of aliphatic imine (C=N–C) groups is 1. The van der Waals surface area contributed by atoms with Crippen LogP contribution in [0.2, 0.25) is 0 Å². The van der Waals surface area contributed by atoms with Crippen molar-refractivity contribution >= 4 is 5.96 Å². The van der Waals surface area contributed by atoms with Crippen LogP contribution in [-0.2, 0) is 6.54 Å². The number of guanidine groups is 1. The van der Waals surface area contributed by atoms with E-state index in [1.807, 2.05) is 38.1 Å². The van der Waals surface area contributed by atoms with Gasteiger partial charge < -0.3 is 15.8 Å². The van der Waals surface area contributed by atoms with Gasteiger partial charge in [0.05, 0.1) is 12.6 Å². The first-order chi connectivity index (χ1) is 9.15. The molecule has 4 heteroatoms. The van der Waals surface area contributed by atoms with E-state index in [0.717, 1.165) is 24.2 Å². The molecule has 0 aromatic heterocycles. The first-order valence-corrected chi connectivity index (χ1v) is 6.96. The van der Waals surface area contributed by atoms with Gasteiger partial charge in [0.25, 0.3) is 0 Å². The third-order valence-corrected chi connectivity index (χ3v) is 3.17. The predicted molar refractivity (Wildman–Crippen MR) is 78.3 cm³/mol. The minimum Gasteiger partial charge on any atom is -0.490 e. The summed E-state index contributed by atoms with van der Waals surface area (Å²) in [6.45, 7) is 4.63. The number of para-hydroxylation sites is 1. The number of rotatable bonds is 5. The lowest BCUT2D eigenvalue weighted by molar-refractivity contribution is 0.119. The highest BCUT2D eigenvalue weighted by Gasteiger charge is 2.19. The summed E-state index contributed by atoms with van der Waals surface area (Å²) < 4.78 is 5.96. The molecule has 1 fully saturated rings. The Hall–Kier alpha value is -1.71. The molecule has 0 heterocycles. The van der Waals surface area contributed by atoms with Gasteiger partial charge in [0.15, 0.2) is 5.96 Å². The molecule has 0 unspecified atom stereocenters. The number of ether oxygens (including phenoxy) is 1. The van der Waals surface area contributed by atoms with Crippen LogP contribution in [0.3, 0.4) is 0 Å². The van der Waals surface area contributed by atoms with Crippen LogP contribution in [0.15, 0.2) is 29.3 Å². The van der Waals surface area contributed by atoms with E-state index in [9.17, 15) is 0 Å². The Bertz CT molecular complexity index is 439. The van der Waals surface area contributed by atoms with E-state index in [0.29, 0.717) is 24.7 Å². The van der Waals surface area contributed by atoms with Crippen molar-refractivity contribution in [2.75, 3.05) is 0 Å². The van der Waals surface area contributed by atoms with Crippen LogP contribution in [0, 0.1) is 0 Å². The molecule has 4 nitrogen and oxygen atoms in total. The molecular weight excluding hydrogens is 238 g/mol. The van der Waals surface area contributed by atoms with E-state index in [-0.39, 0.29) is 0 Å². The number of nitrogens with zero attached hydrogens (tertiary/aromatic N) is 1. The molecule has 104 valence electrons. The molecule has 19 heavy (non-hydrogen) atoms. The van der Waals surface area contributed by atoms with Gasteiger partial charge in [0.2, 0.25) is 0 Å². The quantitative estimate of drug-likeness (QED) is 0.632. The summed E-state index contributed by atoms with van der Waals surface area (Å²) in [5.41, 5.74) is 6.90. The van der Waals surface area contributed by atoms with Crippen molar-refractivity contribution in [2.24, 2.45) is 10.7 Å². The fourth-order valence-electron chi connectivity index (χ4n) is 1.93. The van der Waals surface area contributed by atoms with Gasteiger partial charge in [-0.05, 0) is 39.2 Å². The Morgan fingerprint density at radius 1 is 1.42 bits per heavy atom. The van der Waals surface area contributed by atoms with Gasteiger partial charge in [0, 0.05) is 11.6 Å². The van der Waals surface area contributed by atoms with Crippen molar-refractivity contribution in [1.29, 1.82) is 0 Å². The molecule has 0 bridgehead atoms. The average molecular weight is 261 g/mol. The number of hydrogen-bond donors (Lipinski definition) is 2. The second-order valence-electron chi connectivity index (χ2n) is 5.28. The molecule has 0 amide bonds. The first-order valence-electron chi connectivity index (χ1n) is 6.96. The van der Waals surface area contributed by atoms with Crippen molar-refractivity contribution in [2.45, 2.75) is 51.8 Å². The molecule has 0 radical (unpaired) electrons.